The van der Waals surface area contributed by atoms with Crippen molar-refractivity contribution in [3.8, 4) is 0 Å². The molecule has 0 bridgehead atoms. The molecule has 0 aliphatic heterocycles. The molecule has 4 aromatic rings. The van der Waals surface area contributed by atoms with Crippen LogP contribution in [0.2, 0.25) is 0 Å². The number of urea groups is 1. The molecule has 1 aromatic heterocycles. The molecule has 0 aliphatic carbocycles. The van der Waals surface area contributed by atoms with Gasteiger partial charge in [-0.25, -0.2) is 9.78 Å². The van der Waals surface area contributed by atoms with E-state index in [0.717, 1.165) is 52.2 Å². The molecule has 0 aliphatic rings. The summed E-state index contributed by atoms with van der Waals surface area (Å²) in [5, 5.41) is 5.82. The highest BCUT2D eigenvalue weighted by Crippen LogP contribution is 2.19. The molecule has 3 N–H and O–H groups in total. The molecule has 140 valence electrons. The maximum absolute atomic E-state index is 12.4. The normalized spacial score (nSPS) is 10.8. The van der Waals surface area contributed by atoms with Gasteiger partial charge in [0.2, 0.25) is 0 Å². The van der Waals surface area contributed by atoms with Gasteiger partial charge < -0.3 is 15.6 Å². The van der Waals surface area contributed by atoms with Crippen LogP contribution in [0.25, 0.3) is 11.0 Å². The number of fused-ring (bicyclic) bond motifs is 1. The summed E-state index contributed by atoms with van der Waals surface area (Å²) in [4.78, 5) is 20.3. The molecule has 4 rings (SSSR count). The molecule has 5 nitrogen and oxygen atoms in total. The first-order valence-electron chi connectivity index (χ1n) is 9.33. The van der Waals surface area contributed by atoms with E-state index >= 15 is 0 Å². The number of nitrogens with zero attached hydrogens (tertiary/aromatic N) is 1. The number of aryl methyl sites for hydroxylation is 3. The Morgan fingerprint density at radius 3 is 2.46 bits per heavy atom. The van der Waals surface area contributed by atoms with E-state index in [-0.39, 0.29) is 6.03 Å². The summed E-state index contributed by atoms with van der Waals surface area (Å²) in [6, 6.07) is 23.3. The van der Waals surface area contributed by atoms with Crippen molar-refractivity contribution in [2.24, 2.45) is 0 Å². The Balaban J connectivity index is 1.42. The zero-order valence-corrected chi connectivity index (χ0v) is 15.7. The number of rotatable bonds is 5. The van der Waals surface area contributed by atoms with Gasteiger partial charge in [0.05, 0.1) is 11.0 Å². The van der Waals surface area contributed by atoms with Gasteiger partial charge in [0.15, 0.2) is 0 Å². The van der Waals surface area contributed by atoms with Crippen LogP contribution in [0, 0.1) is 6.92 Å². The Hall–Kier alpha value is -3.60. The van der Waals surface area contributed by atoms with Crippen LogP contribution in [-0.4, -0.2) is 16.0 Å². The quantitative estimate of drug-likeness (QED) is 0.446. The Kier molecular flexibility index (Phi) is 5.06. The summed E-state index contributed by atoms with van der Waals surface area (Å²) >= 11 is 0. The van der Waals surface area contributed by atoms with E-state index in [9.17, 15) is 4.79 Å². The molecule has 28 heavy (non-hydrogen) atoms. The average molecular weight is 370 g/mol. The van der Waals surface area contributed by atoms with Gasteiger partial charge in [-0.05, 0) is 49.2 Å². The summed E-state index contributed by atoms with van der Waals surface area (Å²) in [5.41, 5.74) is 5.82. The lowest BCUT2D eigenvalue weighted by Gasteiger charge is -2.12. The highest BCUT2D eigenvalue weighted by atomic mass is 16.2. The molecule has 1 heterocycles. The number of imidazole rings is 1. The van der Waals surface area contributed by atoms with Gasteiger partial charge in [-0.15, -0.1) is 0 Å². The third kappa shape index (κ3) is 4.20. The van der Waals surface area contributed by atoms with Crippen LogP contribution >= 0.6 is 0 Å². The maximum atomic E-state index is 12.4. The Labute approximate surface area is 163 Å². The van der Waals surface area contributed by atoms with Crippen molar-refractivity contribution < 1.29 is 4.79 Å². The number of nitrogens with one attached hydrogen (secondary N) is 3. The molecule has 0 radical (unpaired) electrons. The Bertz CT molecular complexity index is 1070. The van der Waals surface area contributed by atoms with Crippen molar-refractivity contribution >= 4 is 28.4 Å². The van der Waals surface area contributed by atoms with Crippen molar-refractivity contribution in [3.63, 3.8) is 0 Å². The van der Waals surface area contributed by atoms with E-state index in [1.54, 1.807) is 0 Å². The van der Waals surface area contributed by atoms with Crippen LogP contribution in [0.15, 0.2) is 72.8 Å². The number of amides is 2. The first-order chi connectivity index (χ1) is 13.7. The predicted octanol–water partition coefficient (Wildman–Crippen LogP) is 5.30. The molecule has 0 saturated carbocycles. The average Bonchev–Trinajstić information content (AvgIpc) is 3.12. The molecule has 2 amide bonds. The third-order valence-corrected chi connectivity index (χ3v) is 4.64. The van der Waals surface area contributed by atoms with E-state index in [2.05, 4.69) is 20.6 Å². The number of H-pyrrole nitrogens is 1. The van der Waals surface area contributed by atoms with E-state index < -0.39 is 0 Å². The van der Waals surface area contributed by atoms with E-state index in [1.165, 1.54) is 0 Å². The number of anilines is 2. The first kappa shape index (κ1) is 17.8. The Morgan fingerprint density at radius 1 is 0.893 bits per heavy atom. The number of para-hydroxylation sites is 3. The smallest absolute Gasteiger partial charge is 0.323 e. The lowest BCUT2D eigenvalue weighted by molar-refractivity contribution is 0.262. The summed E-state index contributed by atoms with van der Waals surface area (Å²) in [6.07, 6.45) is 1.55. The largest absolute Gasteiger partial charge is 0.342 e. The van der Waals surface area contributed by atoms with Crippen molar-refractivity contribution in [2.45, 2.75) is 19.8 Å². The second kappa shape index (κ2) is 7.96. The lowest BCUT2D eigenvalue weighted by Crippen LogP contribution is -2.20. The maximum Gasteiger partial charge on any atom is 0.323 e. The number of hydrogen-bond donors (Lipinski definition) is 3. The first-order valence-corrected chi connectivity index (χ1v) is 9.33. The number of carbonyl (C=O) groups is 1. The van der Waals surface area contributed by atoms with E-state index in [0.29, 0.717) is 0 Å². The van der Waals surface area contributed by atoms with Gasteiger partial charge in [-0.2, -0.15) is 0 Å². The second-order valence-corrected chi connectivity index (χ2v) is 6.80. The highest BCUT2D eigenvalue weighted by molar-refractivity contribution is 6.00. The highest BCUT2D eigenvalue weighted by Gasteiger charge is 2.09. The molecule has 0 atom stereocenters. The molecule has 3 aromatic carbocycles. The van der Waals surface area contributed by atoms with Gasteiger partial charge in [0.25, 0.3) is 0 Å². The topological polar surface area (TPSA) is 69.8 Å². The van der Waals surface area contributed by atoms with Crippen molar-refractivity contribution in [1.29, 1.82) is 0 Å². The minimum absolute atomic E-state index is 0.250. The summed E-state index contributed by atoms with van der Waals surface area (Å²) in [7, 11) is 0. The van der Waals surface area contributed by atoms with Crippen LogP contribution in [0.3, 0.4) is 0 Å². The van der Waals surface area contributed by atoms with Crippen molar-refractivity contribution in [1.82, 2.24) is 9.97 Å². The minimum Gasteiger partial charge on any atom is -0.342 e. The molecule has 0 spiro atoms. The molecule has 0 fully saturated rings. The van der Waals surface area contributed by atoms with Crippen LogP contribution in [-0.2, 0) is 12.8 Å². The summed E-state index contributed by atoms with van der Waals surface area (Å²) < 4.78 is 0. The number of benzene rings is 3. The van der Waals surface area contributed by atoms with Crippen LogP contribution < -0.4 is 10.6 Å². The summed E-state index contributed by atoms with van der Waals surface area (Å²) in [5.74, 6) is 0.945. The van der Waals surface area contributed by atoms with Gasteiger partial charge >= 0.3 is 6.03 Å². The fourth-order valence-corrected chi connectivity index (χ4v) is 3.16. The third-order valence-electron chi connectivity index (χ3n) is 4.64. The van der Waals surface area contributed by atoms with Gasteiger partial charge in [0, 0.05) is 17.8 Å². The van der Waals surface area contributed by atoms with Gasteiger partial charge in [-0.3, -0.25) is 0 Å². The minimum atomic E-state index is -0.250. The number of aromatic nitrogens is 2. The van der Waals surface area contributed by atoms with E-state index in [1.807, 2.05) is 79.7 Å². The SMILES string of the molecule is Cc1ccc(NC(=O)Nc2ccccc2CCc2nc3ccccc3[nH]2)cc1. The number of aromatic amines is 1. The van der Waals surface area contributed by atoms with Gasteiger partial charge in [0.1, 0.15) is 5.82 Å². The van der Waals surface area contributed by atoms with Crippen molar-refractivity contribution in [3.05, 3.63) is 89.7 Å². The monoisotopic (exact) mass is 370 g/mol. The van der Waals surface area contributed by atoms with E-state index in [4.69, 9.17) is 0 Å². The number of carbonyl (C=O) groups excluding carboxylic acids is 1. The van der Waals surface area contributed by atoms with Crippen LogP contribution in [0.1, 0.15) is 17.0 Å². The molecule has 5 heteroatoms. The van der Waals surface area contributed by atoms with Gasteiger partial charge in [-0.1, -0.05) is 48.0 Å². The van der Waals surface area contributed by atoms with Crippen LogP contribution in [0.5, 0.6) is 0 Å². The standard InChI is InChI=1S/C23H22N4O/c1-16-10-13-18(14-11-16)24-23(28)27-19-7-3-2-6-17(19)12-15-22-25-20-8-4-5-9-21(20)26-22/h2-11,13-14H,12,15H2,1H3,(H,25,26)(H2,24,27,28). The molecular weight excluding hydrogens is 348 g/mol. The molecular formula is C23H22N4O. The zero-order valence-electron chi connectivity index (χ0n) is 15.7. The van der Waals surface area contributed by atoms with Crippen LogP contribution in [0.4, 0.5) is 16.2 Å². The summed E-state index contributed by atoms with van der Waals surface area (Å²) in [6.45, 7) is 2.02. The molecule has 0 unspecified atom stereocenters. The second-order valence-electron chi connectivity index (χ2n) is 6.80. The Morgan fingerprint density at radius 2 is 1.64 bits per heavy atom. The van der Waals surface area contributed by atoms with Crippen molar-refractivity contribution in [2.75, 3.05) is 10.6 Å². The fraction of sp³-hybridized carbons (Fsp3) is 0.130. The predicted molar refractivity (Wildman–Crippen MR) is 114 cm³/mol. The zero-order chi connectivity index (χ0) is 19.3. The number of hydrogen-bond acceptors (Lipinski definition) is 2. The lowest BCUT2D eigenvalue weighted by atomic mass is 10.1. The molecule has 0 saturated heterocycles. The fourth-order valence-electron chi connectivity index (χ4n) is 3.16.